The molecule has 2 aromatic carbocycles. The van der Waals surface area contributed by atoms with Crippen LogP contribution in [0.15, 0.2) is 83.1 Å². The second-order valence-electron chi connectivity index (χ2n) is 6.35. The molecule has 0 saturated carbocycles. The summed E-state index contributed by atoms with van der Waals surface area (Å²) in [5.41, 5.74) is 4.95. The summed E-state index contributed by atoms with van der Waals surface area (Å²) >= 11 is 5.94. The summed E-state index contributed by atoms with van der Waals surface area (Å²) in [5.74, 6) is 0.101. The van der Waals surface area contributed by atoms with E-state index in [0.29, 0.717) is 22.9 Å². The second-order valence-corrected chi connectivity index (χ2v) is 6.76. The van der Waals surface area contributed by atoms with Gasteiger partial charge in [0, 0.05) is 17.5 Å². The quantitative estimate of drug-likeness (QED) is 0.302. The summed E-state index contributed by atoms with van der Waals surface area (Å²) in [7, 11) is 0. The van der Waals surface area contributed by atoms with Crippen LogP contribution < -0.4 is 5.32 Å². The number of allylic oxidation sites excluding steroid dienone is 2. The molecule has 0 amide bonds. The van der Waals surface area contributed by atoms with E-state index >= 15 is 0 Å². The molecule has 0 aliphatic carbocycles. The van der Waals surface area contributed by atoms with Gasteiger partial charge in [-0.2, -0.15) is 0 Å². The lowest BCUT2D eigenvalue weighted by molar-refractivity contribution is 0.628. The molecule has 0 aromatic heterocycles. The van der Waals surface area contributed by atoms with Crippen molar-refractivity contribution in [2.45, 2.75) is 27.2 Å². The smallest absolute Gasteiger partial charge is 0.141 e. The number of amidine groups is 1. The first kappa shape index (κ1) is 22.3. The van der Waals surface area contributed by atoms with Crippen LogP contribution in [-0.2, 0) is 6.42 Å². The summed E-state index contributed by atoms with van der Waals surface area (Å²) in [6.45, 7) is 13.7. The number of nitrogens with one attached hydrogen (secondary N) is 1. The first-order valence-electron chi connectivity index (χ1n) is 9.30. The van der Waals surface area contributed by atoms with Crippen molar-refractivity contribution in [2.75, 3.05) is 5.32 Å². The van der Waals surface area contributed by atoms with Crippen LogP contribution in [-0.4, -0.2) is 12.1 Å². The number of hydrogen-bond donors (Lipinski definition) is 1. The number of benzene rings is 2. The van der Waals surface area contributed by atoms with E-state index in [2.05, 4.69) is 42.5 Å². The van der Waals surface area contributed by atoms with E-state index in [1.807, 2.05) is 26.0 Å². The standard InChI is InChI=1S/C24H25ClFN3/c1-6-13-27-23(8-3)17(5)28-24(20-11-9-18(7-2)14-16(20)4)29-19-10-12-22(26)21(25)15-19/h6,8-15H,1,5,7H2,2-4H3,(H,28,29)/b23-8-,27-13-. The van der Waals surface area contributed by atoms with Gasteiger partial charge in [0.15, 0.2) is 0 Å². The fourth-order valence-corrected chi connectivity index (χ4v) is 2.90. The van der Waals surface area contributed by atoms with Gasteiger partial charge in [0.1, 0.15) is 11.7 Å². The van der Waals surface area contributed by atoms with Gasteiger partial charge in [-0.25, -0.2) is 9.38 Å². The molecule has 1 N–H and O–H groups in total. The highest BCUT2D eigenvalue weighted by atomic mass is 35.5. The molecular formula is C24H25ClFN3. The Bertz CT molecular complexity index is 1000. The Morgan fingerprint density at radius 3 is 2.59 bits per heavy atom. The van der Waals surface area contributed by atoms with Gasteiger partial charge in [-0.1, -0.05) is 62.0 Å². The Morgan fingerprint density at radius 2 is 2.00 bits per heavy atom. The molecule has 0 saturated heterocycles. The summed E-state index contributed by atoms with van der Waals surface area (Å²) in [5, 5.41) is 3.28. The van der Waals surface area contributed by atoms with Gasteiger partial charge in [0.2, 0.25) is 0 Å². The van der Waals surface area contributed by atoms with E-state index in [1.165, 1.54) is 17.7 Å². The monoisotopic (exact) mass is 409 g/mol. The Hall–Kier alpha value is -2.98. The van der Waals surface area contributed by atoms with Gasteiger partial charge in [-0.05, 0) is 49.6 Å². The van der Waals surface area contributed by atoms with Crippen LogP contribution in [0.5, 0.6) is 0 Å². The zero-order valence-corrected chi connectivity index (χ0v) is 17.7. The third-order valence-electron chi connectivity index (χ3n) is 4.27. The fraction of sp³-hybridized carbons (Fsp3) is 0.167. The molecule has 2 rings (SSSR count). The molecule has 5 heteroatoms. The maximum Gasteiger partial charge on any atom is 0.141 e. The number of aliphatic imine (C=N–C) groups is 2. The molecule has 3 nitrogen and oxygen atoms in total. The zero-order valence-electron chi connectivity index (χ0n) is 17.0. The van der Waals surface area contributed by atoms with Crippen molar-refractivity contribution in [1.82, 2.24) is 0 Å². The Labute approximate surface area is 177 Å². The van der Waals surface area contributed by atoms with Gasteiger partial charge in [0.05, 0.1) is 16.4 Å². The molecule has 0 aliphatic rings. The first-order chi connectivity index (χ1) is 13.9. The number of rotatable bonds is 7. The summed E-state index contributed by atoms with van der Waals surface area (Å²) < 4.78 is 13.6. The minimum Gasteiger partial charge on any atom is -0.340 e. The Balaban J connectivity index is 2.52. The van der Waals surface area contributed by atoms with Crippen molar-refractivity contribution in [3.63, 3.8) is 0 Å². The van der Waals surface area contributed by atoms with Crippen molar-refractivity contribution in [2.24, 2.45) is 9.98 Å². The van der Waals surface area contributed by atoms with E-state index in [4.69, 9.17) is 16.6 Å². The summed E-state index contributed by atoms with van der Waals surface area (Å²) in [6.07, 6.45) is 5.95. The molecule has 0 spiro atoms. The summed E-state index contributed by atoms with van der Waals surface area (Å²) in [4.78, 5) is 9.00. The predicted octanol–water partition coefficient (Wildman–Crippen LogP) is 6.88. The third-order valence-corrected chi connectivity index (χ3v) is 4.56. The lowest BCUT2D eigenvalue weighted by Crippen LogP contribution is -2.16. The van der Waals surface area contributed by atoms with E-state index in [1.54, 1.807) is 18.4 Å². The molecule has 0 atom stereocenters. The van der Waals surface area contributed by atoms with Gasteiger partial charge < -0.3 is 5.32 Å². The van der Waals surface area contributed by atoms with Crippen LogP contribution >= 0.6 is 11.6 Å². The van der Waals surface area contributed by atoms with Gasteiger partial charge in [0.25, 0.3) is 0 Å². The minimum atomic E-state index is -0.474. The van der Waals surface area contributed by atoms with Crippen LogP contribution in [0.25, 0.3) is 0 Å². The number of aryl methyl sites for hydroxylation is 2. The first-order valence-corrected chi connectivity index (χ1v) is 9.68. The highest BCUT2D eigenvalue weighted by Gasteiger charge is 2.11. The zero-order chi connectivity index (χ0) is 21.4. The van der Waals surface area contributed by atoms with Gasteiger partial charge in [-0.15, -0.1) is 0 Å². The Kier molecular flexibility index (Phi) is 8.10. The maximum atomic E-state index is 13.6. The maximum absolute atomic E-state index is 13.6. The molecule has 0 unspecified atom stereocenters. The van der Waals surface area contributed by atoms with E-state index in [0.717, 1.165) is 17.5 Å². The van der Waals surface area contributed by atoms with E-state index < -0.39 is 5.82 Å². The number of hydrogen-bond acceptors (Lipinski definition) is 2. The van der Waals surface area contributed by atoms with Gasteiger partial charge >= 0.3 is 0 Å². The number of anilines is 1. The van der Waals surface area contributed by atoms with Crippen LogP contribution in [0.3, 0.4) is 0 Å². The number of nitrogens with zero attached hydrogens (tertiary/aromatic N) is 2. The molecule has 2 aromatic rings. The van der Waals surface area contributed by atoms with E-state index in [9.17, 15) is 4.39 Å². The highest BCUT2D eigenvalue weighted by Crippen LogP contribution is 2.22. The lowest BCUT2D eigenvalue weighted by Gasteiger charge is -2.15. The van der Waals surface area contributed by atoms with Gasteiger partial charge in [-0.3, -0.25) is 4.99 Å². The molecule has 0 heterocycles. The van der Waals surface area contributed by atoms with Crippen LogP contribution in [0.4, 0.5) is 10.1 Å². The van der Waals surface area contributed by atoms with E-state index in [-0.39, 0.29) is 5.02 Å². The Morgan fingerprint density at radius 1 is 1.24 bits per heavy atom. The largest absolute Gasteiger partial charge is 0.340 e. The van der Waals surface area contributed by atoms with Crippen molar-refractivity contribution >= 4 is 29.3 Å². The van der Waals surface area contributed by atoms with Crippen LogP contribution in [0.2, 0.25) is 5.02 Å². The predicted molar refractivity (Wildman–Crippen MR) is 124 cm³/mol. The molecule has 0 radical (unpaired) electrons. The fourth-order valence-electron chi connectivity index (χ4n) is 2.72. The average molecular weight is 410 g/mol. The second kappa shape index (κ2) is 10.5. The normalized spacial score (nSPS) is 12.3. The van der Waals surface area contributed by atoms with Crippen LogP contribution in [0, 0.1) is 12.7 Å². The van der Waals surface area contributed by atoms with Crippen molar-refractivity contribution in [3.05, 3.63) is 101 Å². The van der Waals surface area contributed by atoms with Crippen molar-refractivity contribution in [1.29, 1.82) is 0 Å². The molecule has 150 valence electrons. The summed E-state index contributed by atoms with van der Waals surface area (Å²) in [6, 6.07) is 10.7. The van der Waals surface area contributed by atoms with Crippen molar-refractivity contribution in [3.8, 4) is 0 Å². The highest BCUT2D eigenvalue weighted by molar-refractivity contribution is 6.31. The third kappa shape index (κ3) is 6.00. The topological polar surface area (TPSA) is 36.8 Å². The van der Waals surface area contributed by atoms with Crippen LogP contribution in [0.1, 0.15) is 30.5 Å². The average Bonchev–Trinajstić information content (AvgIpc) is 2.70. The molecule has 29 heavy (non-hydrogen) atoms. The molecule has 0 bridgehead atoms. The lowest BCUT2D eigenvalue weighted by atomic mass is 10.0. The number of halogens is 2. The van der Waals surface area contributed by atoms with Crippen molar-refractivity contribution < 1.29 is 4.39 Å². The molecule has 0 aliphatic heterocycles. The minimum absolute atomic E-state index is 0.0379. The molecular weight excluding hydrogens is 385 g/mol. The SMILES string of the molecule is C=C/C=N\C(=C/C)C(=C)/N=C(/Nc1ccc(F)c(Cl)c1)c1ccc(CC)cc1C. The molecule has 0 fully saturated rings.